The van der Waals surface area contributed by atoms with Gasteiger partial charge in [0.25, 0.3) is 0 Å². The fourth-order valence-electron chi connectivity index (χ4n) is 1.43. The van der Waals surface area contributed by atoms with Gasteiger partial charge in [0, 0.05) is 6.42 Å². The van der Waals surface area contributed by atoms with Crippen LogP contribution in [0.5, 0.6) is 0 Å². The first-order valence-electron chi connectivity index (χ1n) is 7.17. The van der Waals surface area contributed by atoms with Gasteiger partial charge in [0.2, 0.25) is 6.41 Å². The number of amides is 1. The van der Waals surface area contributed by atoms with Crippen LogP contribution in [-0.4, -0.2) is 37.6 Å². The van der Waals surface area contributed by atoms with Gasteiger partial charge in [-0.1, -0.05) is 26.7 Å². The Morgan fingerprint density at radius 3 is 2.25 bits per heavy atom. The summed E-state index contributed by atoms with van der Waals surface area (Å²) in [4.78, 5) is 33.6. The molecule has 0 aromatic heterocycles. The molecule has 0 saturated heterocycles. The molecule has 0 saturated carbocycles. The van der Waals surface area contributed by atoms with Crippen molar-refractivity contribution in [2.75, 3.05) is 13.2 Å². The van der Waals surface area contributed by atoms with Crippen molar-refractivity contribution in [3.8, 4) is 0 Å². The molecule has 0 aromatic carbocycles. The van der Waals surface area contributed by atoms with Gasteiger partial charge in [0.05, 0.1) is 13.2 Å². The van der Waals surface area contributed by atoms with Gasteiger partial charge in [0.1, 0.15) is 6.04 Å². The molecule has 0 rings (SSSR count). The molecule has 6 nitrogen and oxygen atoms in total. The van der Waals surface area contributed by atoms with Crippen molar-refractivity contribution in [2.45, 2.75) is 58.4 Å². The molecular weight excluding hydrogens is 262 g/mol. The lowest BCUT2D eigenvalue weighted by Gasteiger charge is -2.14. The first kappa shape index (κ1) is 18.4. The van der Waals surface area contributed by atoms with Crippen molar-refractivity contribution in [2.24, 2.45) is 0 Å². The summed E-state index contributed by atoms with van der Waals surface area (Å²) >= 11 is 0. The summed E-state index contributed by atoms with van der Waals surface area (Å²) in [5, 5.41) is 2.37. The van der Waals surface area contributed by atoms with E-state index in [1.54, 1.807) is 0 Å². The molecule has 20 heavy (non-hydrogen) atoms. The number of hydrogen-bond donors (Lipinski definition) is 1. The van der Waals surface area contributed by atoms with E-state index in [1.165, 1.54) is 0 Å². The molecule has 1 N–H and O–H groups in total. The number of ether oxygens (including phenoxy) is 2. The van der Waals surface area contributed by atoms with E-state index < -0.39 is 12.0 Å². The number of esters is 2. The van der Waals surface area contributed by atoms with E-state index in [-0.39, 0.29) is 18.8 Å². The van der Waals surface area contributed by atoms with Crippen LogP contribution in [0.3, 0.4) is 0 Å². The highest BCUT2D eigenvalue weighted by Gasteiger charge is 2.20. The van der Waals surface area contributed by atoms with Crippen molar-refractivity contribution in [3.63, 3.8) is 0 Å². The van der Waals surface area contributed by atoms with Crippen molar-refractivity contribution in [1.82, 2.24) is 5.32 Å². The summed E-state index contributed by atoms with van der Waals surface area (Å²) in [5.74, 6) is -0.871. The molecular formula is C14H25NO5. The average molecular weight is 287 g/mol. The molecule has 1 amide bonds. The third-order valence-corrected chi connectivity index (χ3v) is 2.69. The molecule has 0 aliphatic heterocycles. The molecule has 0 aromatic rings. The Hall–Kier alpha value is -1.59. The van der Waals surface area contributed by atoms with Crippen LogP contribution < -0.4 is 5.32 Å². The second kappa shape index (κ2) is 12.4. The summed E-state index contributed by atoms with van der Waals surface area (Å²) < 4.78 is 10.00. The minimum atomic E-state index is -0.789. The van der Waals surface area contributed by atoms with E-state index in [9.17, 15) is 14.4 Å². The lowest BCUT2D eigenvalue weighted by Crippen LogP contribution is -2.38. The zero-order chi connectivity index (χ0) is 15.2. The molecule has 0 radical (unpaired) electrons. The Morgan fingerprint density at radius 2 is 1.70 bits per heavy atom. The largest absolute Gasteiger partial charge is 0.466 e. The minimum Gasteiger partial charge on any atom is -0.466 e. The molecule has 0 spiro atoms. The highest BCUT2D eigenvalue weighted by molar-refractivity contribution is 5.79. The van der Waals surface area contributed by atoms with Crippen molar-refractivity contribution in [1.29, 1.82) is 0 Å². The molecule has 1 unspecified atom stereocenters. The van der Waals surface area contributed by atoms with E-state index in [4.69, 9.17) is 9.47 Å². The zero-order valence-corrected chi connectivity index (χ0v) is 12.4. The summed E-state index contributed by atoms with van der Waals surface area (Å²) in [6, 6.07) is -0.789. The van der Waals surface area contributed by atoms with Gasteiger partial charge in [-0.3, -0.25) is 9.59 Å². The fraction of sp³-hybridized carbons (Fsp3) is 0.786. The van der Waals surface area contributed by atoms with Crippen molar-refractivity contribution < 1.29 is 23.9 Å². The van der Waals surface area contributed by atoms with E-state index in [0.29, 0.717) is 19.6 Å². The normalized spacial score (nSPS) is 11.5. The van der Waals surface area contributed by atoms with Gasteiger partial charge in [0.15, 0.2) is 0 Å². The lowest BCUT2D eigenvalue weighted by atomic mass is 10.1. The monoisotopic (exact) mass is 287 g/mol. The van der Waals surface area contributed by atoms with Crippen LogP contribution in [0.4, 0.5) is 0 Å². The maximum absolute atomic E-state index is 11.7. The zero-order valence-electron chi connectivity index (χ0n) is 12.4. The van der Waals surface area contributed by atoms with Gasteiger partial charge >= 0.3 is 11.9 Å². The number of nitrogens with one attached hydrogen (secondary N) is 1. The van der Waals surface area contributed by atoms with Crippen LogP contribution in [0.25, 0.3) is 0 Å². The van der Waals surface area contributed by atoms with Gasteiger partial charge in [-0.15, -0.1) is 0 Å². The van der Waals surface area contributed by atoms with Crippen molar-refractivity contribution in [3.05, 3.63) is 0 Å². The predicted molar refractivity (Wildman–Crippen MR) is 74.0 cm³/mol. The number of rotatable bonds is 12. The smallest absolute Gasteiger partial charge is 0.328 e. The second-order valence-corrected chi connectivity index (χ2v) is 4.47. The third kappa shape index (κ3) is 9.35. The van der Waals surface area contributed by atoms with Gasteiger partial charge < -0.3 is 14.8 Å². The standard InChI is InChI=1S/C14H25NO5/c1-3-5-9-19-13(17)8-7-12(15-11-16)14(18)20-10-6-4-2/h11-12H,3-10H2,1-2H3,(H,15,16). The maximum Gasteiger partial charge on any atom is 0.328 e. The summed E-state index contributed by atoms with van der Waals surface area (Å²) in [6.07, 6.45) is 4.18. The molecule has 0 fully saturated rings. The Kier molecular flexibility index (Phi) is 11.5. The van der Waals surface area contributed by atoms with E-state index in [2.05, 4.69) is 5.32 Å². The average Bonchev–Trinajstić information content (AvgIpc) is 2.43. The quantitative estimate of drug-likeness (QED) is 0.335. The van der Waals surface area contributed by atoms with Crippen LogP contribution in [-0.2, 0) is 23.9 Å². The van der Waals surface area contributed by atoms with Gasteiger partial charge in [-0.2, -0.15) is 0 Å². The van der Waals surface area contributed by atoms with E-state index in [0.717, 1.165) is 25.7 Å². The number of unbranched alkanes of at least 4 members (excludes halogenated alkanes) is 2. The van der Waals surface area contributed by atoms with Crippen molar-refractivity contribution >= 4 is 18.3 Å². The lowest BCUT2D eigenvalue weighted by molar-refractivity contribution is -0.148. The predicted octanol–water partition coefficient (Wildman–Crippen LogP) is 1.57. The van der Waals surface area contributed by atoms with Crippen LogP contribution in [0.2, 0.25) is 0 Å². The van der Waals surface area contributed by atoms with E-state index >= 15 is 0 Å². The molecule has 0 aliphatic carbocycles. The highest BCUT2D eigenvalue weighted by Crippen LogP contribution is 2.03. The summed E-state index contributed by atoms with van der Waals surface area (Å²) in [7, 11) is 0. The Bertz CT molecular complexity index is 293. The second-order valence-electron chi connectivity index (χ2n) is 4.47. The molecule has 1 atom stereocenters. The Balaban J connectivity index is 4.02. The van der Waals surface area contributed by atoms with Crippen LogP contribution in [0.15, 0.2) is 0 Å². The summed E-state index contributed by atoms with van der Waals surface area (Å²) in [6.45, 7) is 4.71. The van der Waals surface area contributed by atoms with Gasteiger partial charge in [-0.05, 0) is 19.3 Å². The third-order valence-electron chi connectivity index (χ3n) is 2.69. The van der Waals surface area contributed by atoms with Crippen LogP contribution in [0, 0.1) is 0 Å². The Labute approximate surface area is 120 Å². The van der Waals surface area contributed by atoms with Crippen LogP contribution >= 0.6 is 0 Å². The molecule has 0 heterocycles. The molecule has 0 bridgehead atoms. The summed E-state index contributed by atoms with van der Waals surface area (Å²) in [5.41, 5.74) is 0. The number of carbonyl (C=O) groups is 3. The SMILES string of the molecule is CCCCOC(=O)CCC(NC=O)C(=O)OCCCC. The highest BCUT2D eigenvalue weighted by atomic mass is 16.5. The molecule has 116 valence electrons. The Morgan fingerprint density at radius 1 is 1.10 bits per heavy atom. The molecule has 0 aliphatic rings. The maximum atomic E-state index is 11.7. The fourth-order valence-corrected chi connectivity index (χ4v) is 1.43. The van der Waals surface area contributed by atoms with Gasteiger partial charge in [-0.25, -0.2) is 4.79 Å². The van der Waals surface area contributed by atoms with E-state index in [1.807, 2.05) is 13.8 Å². The van der Waals surface area contributed by atoms with Crippen LogP contribution in [0.1, 0.15) is 52.4 Å². The first-order valence-corrected chi connectivity index (χ1v) is 7.17. The number of carbonyl (C=O) groups excluding carboxylic acids is 3. The topological polar surface area (TPSA) is 81.7 Å². The number of hydrogen-bond acceptors (Lipinski definition) is 5. The minimum absolute atomic E-state index is 0.0814. The first-order chi connectivity index (χ1) is 9.65. The molecule has 6 heteroatoms.